The quantitative estimate of drug-likeness (QED) is 0.261. The van der Waals surface area contributed by atoms with Crippen molar-refractivity contribution < 1.29 is 0 Å². The normalized spacial score (nSPS) is 11.3. The molecule has 102 valence electrons. The van der Waals surface area contributed by atoms with E-state index in [9.17, 15) is 0 Å². The molecular formula is C13H22IN3S. The van der Waals surface area contributed by atoms with Gasteiger partial charge in [-0.15, -0.1) is 35.3 Å². The Morgan fingerprint density at radius 1 is 1.44 bits per heavy atom. The van der Waals surface area contributed by atoms with Crippen LogP contribution in [-0.4, -0.2) is 19.0 Å². The van der Waals surface area contributed by atoms with Crippen LogP contribution in [-0.2, 0) is 6.54 Å². The molecule has 0 aliphatic carbocycles. The molecule has 2 N–H and O–H groups in total. The number of rotatable bonds is 6. The number of halogens is 1. The van der Waals surface area contributed by atoms with Crippen LogP contribution in [0.4, 0.5) is 0 Å². The fraction of sp³-hybridized carbons (Fsp3) is 0.462. The first kappa shape index (κ1) is 17.4. The van der Waals surface area contributed by atoms with Gasteiger partial charge in [-0.25, -0.2) is 4.99 Å². The molecule has 1 rings (SSSR count). The molecule has 3 nitrogen and oxygen atoms in total. The first-order chi connectivity index (χ1) is 8.36. The Morgan fingerprint density at radius 3 is 2.89 bits per heavy atom. The van der Waals surface area contributed by atoms with E-state index in [2.05, 4.69) is 52.2 Å². The molecule has 0 unspecified atom stereocenters. The van der Waals surface area contributed by atoms with Gasteiger partial charge in [0.15, 0.2) is 5.96 Å². The molecule has 0 atom stereocenters. The fourth-order valence-electron chi connectivity index (χ4n) is 1.34. The molecule has 0 saturated carbocycles. The second kappa shape index (κ2) is 11.5. The Labute approximate surface area is 131 Å². The van der Waals surface area contributed by atoms with Crippen molar-refractivity contribution >= 4 is 41.3 Å². The number of nitrogens with one attached hydrogen (secondary N) is 2. The third kappa shape index (κ3) is 7.71. The average molecular weight is 379 g/mol. The zero-order valence-electron chi connectivity index (χ0n) is 11.0. The monoisotopic (exact) mass is 379 g/mol. The summed E-state index contributed by atoms with van der Waals surface area (Å²) in [7, 11) is 0. The van der Waals surface area contributed by atoms with Crippen LogP contribution in [0.3, 0.4) is 0 Å². The molecule has 1 heterocycles. The predicted molar refractivity (Wildman–Crippen MR) is 92.0 cm³/mol. The minimum atomic E-state index is 0. The van der Waals surface area contributed by atoms with Crippen molar-refractivity contribution in [2.75, 3.05) is 13.1 Å². The van der Waals surface area contributed by atoms with E-state index in [-0.39, 0.29) is 24.0 Å². The first-order valence-corrected chi connectivity index (χ1v) is 6.90. The predicted octanol–water partition coefficient (Wildman–Crippen LogP) is 3.39. The summed E-state index contributed by atoms with van der Waals surface area (Å²) >= 11 is 1.74. The third-order valence-corrected chi connectivity index (χ3v) is 3.02. The van der Waals surface area contributed by atoms with Gasteiger partial charge < -0.3 is 10.6 Å². The van der Waals surface area contributed by atoms with Gasteiger partial charge in [0.1, 0.15) is 0 Å². The lowest BCUT2D eigenvalue weighted by molar-refractivity contribution is 0.811. The lowest BCUT2D eigenvalue weighted by atomic mass is 10.4. The van der Waals surface area contributed by atoms with Crippen molar-refractivity contribution in [3.63, 3.8) is 0 Å². The molecule has 0 aliphatic rings. The minimum Gasteiger partial charge on any atom is -0.357 e. The Morgan fingerprint density at radius 2 is 2.28 bits per heavy atom. The Balaban J connectivity index is 0.00000289. The molecule has 0 fully saturated rings. The Bertz CT molecular complexity index is 347. The standard InChI is InChI=1S/C13H21N3S.HI/c1-3-5-6-9-15-13(14-4-2)16-11-12-8-7-10-17-12;/h3,5,7-8,10H,4,6,9,11H2,1-2H3,(H2,14,15,16);1H. The van der Waals surface area contributed by atoms with E-state index >= 15 is 0 Å². The van der Waals surface area contributed by atoms with Crippen molar-refractivity contribution in [1.82, 2.24) is 10.6 Å². The topological polar surface area (TPSA) is 36.4 Å². The molecule has 1 aromatic heterocycles. The van der Waals surface area contributed by atoms with Crippen LogP contribution >= 0.6 is 35.3 Å². The van der Waals surface area contributed by atoms with E-state index in [0.29, 0.717) is 0 Å². The van der Waals surface area contributed by atoms with Crippen molar-refractivity contribution in [3.05, 3.63) is 34.5 Å². The van der Waals surface area contributed by atoms with Crippen molar-refractivity contribution in [2.45, 2.75) is 26.8 Å². The van der Waals surface area contributed by atoms with Crippen LogP contribution in [0, 0.1) is 0 Å². The van der Waals surface area contributed by atoms with E-state index in [1.165, 1.54) is 4.88 Å². The van der Waals surface area contributed by atoms with Gasteiger partial charge >= 0.3 is 0 Å². The Hall–Kier alpha value is -0.560. The van der Waals surface area contributed by atoms with Gasteiger partial charge in [0.25, 0.3) is 0 Å². The van der Waals surface area contributed by atoms with E-state index in [4.69, 9.17) is 0 Å². The van der Waals surface area contributed by atoms with E-state index in [1.807, 2.05) is 6.92 Å². The minimum absolute atomic E-state index is 0. The average Bonchev–Trinajstić information content (AvgIpc) is 2.84. The van der Waals surface area contributed by atoms with Crippen LogP contribution in [0.25, 0.3) is 0 Å². The highest BCUT2D eigenvalue weighted by Crippen LogP contribution is 2.09. The summed E-state index contributed by atoms with van der Waals surface area (Å²) < 4.78 is 0. The highest BCUT2D eigenvalue weighted by atomic mass is 127. The molecule has 0 radical (unpaired) electrons. The second-order valence-electron chi connectivity index (χ2n) is 3.56. The maximum Gasteiger partial charge on any atom is 0.191 e. The number of hydrogen-bond acceptors (Lipinski definition) is 2. The molecular weight excluding hydrogens is 357 g/mol. The SMILES string of the molecule is CC=CCCNC(=NCc1cccs1)NCC.I. The molecule has 0 aromatic carbocycles. The molecule has 0 bridgehead atoms. The number of nitrogens with zero attached hydrogens (tertiary/aromatic N) is 1. The zero-order chi connectivity index (χ0) is 12.3. The highest BCUT2D eigenvalue weighted by molar-refractivity contribution is 14.0. The number of thiophene rings is 1. The lowest BCUT2D eigenvalue weighted by Crippen LogP contribution is -2.37. The van der Waals surface area contributed by atoms with Crippen LogP contribution in [0.2, 0.25) is 0 Å². The molecule has 0 aliphatic heterocycles. The van der Waals surface area contributed by atoms with Crippen LogP contribution < -0.4 is 10.6 Å². The van der Waals surface area contributed by atoms with Gasteiger partial charge in [0.05, 0.1) is 6.54 Å². The van der Waals surface area contributed by atoms with Gasteiger partial charge in [-0.05, 0) is 31.7 Å². The van der Waals surface area contributed by atoms with Crippen LogP contribution in [0.15, 0.2) is 34.7 Å². The molecule has 18 heavy (non-hydrogen) atoms. The third-order valence-electron chi connectivity index (χ3n) is 2.16. The summed E-state index contributed by atoms with van der Waals surface area (Å²) in [6.45, 7) is 6.67. The summed E-state index contributed by atoms with van der Waals surface area (Å²) in [5.74, 6) is 0.894. The Kier molecular flexibility index (Phi) is 11.2. The van der Waals surface area contributed by atoms with Gasteiger partial charge in [-0.1, -0.05) is 18.2 Å². The largest absolute Gasteiger partial charge is 0.357 e. The second-order valence-corrected chi connectivity index (χ2v) is 4.59. The molecule has 0 amide bonds. The van der Waals surface area contributed by atoms with Crippen LogP contribution in [0.1, 0.15) is 25.1 Å². The molecule has 0 spiro atoms. The summed E-state index contributed by atoms with van der Waals surface area (Å²) in [4.78, 5) is 5.82. The number of hydrogen-bond donors (Lipinski definition) is 2. The summed E-state index contributed by atoms with van der Waals surface area (Å²) in [6, 6.07) is 4.17. The molecule has 0 saturated heterocycles. The summed E-state index contributed by atoms with van der Waals surface area (Å²) in [6.07, 6.45) is 5.24. The maximum atomic E-state index is 4.53. The highest BCUT2D eigenvalue weighted by Gasteiger charge is 1.96. The van der Waals surface area contributed by atoms with E-state index in [0.717, 1.165) is 32.0 Å². The number of aliphatic imine (C=N–C) groups is 1. The van der Waals surface area contributed by atoms with Crippen molar-refractivity contribution in [2.24, 2.45) is 4.99 Å². The lowest BCUT2D eigenvalue weighted by Gasteiger charge is -2.09. The molecule has 1 aromatic rings. The number of allylic oxidation sites excluding steroid dienone is 1. The summed E-state index contributed by atoms with van der Waals surface area (Å²) in [5, 5.41) is 8.63. The zero-order valence-corrected chi connectivity index (χ0v) is 14.1. The van der Waals surface area contributed by atoms with Gasteiger partial charge in [0, 0.05) is 18.0 Å². The van der Waals surface area contributed by atoms with Gasteiger partial charge in [-0.3, -0.25) is 0 Å². The molecule has 5 heteroatoms. The fourth-order valence-corrected chi connectivity index (χ4v) is 1.97. The van der Waals surface area contributed by atoms with Gasteiger partial charge in [0.2, 0.25) is 0 Å². The smallest absolute Gasteiger partial charge is 0.191 e. The van der Waals surface area contributed by atoms with E-state index < -0.39 is 0 Å². The van der Waals surface area contributed by atoms with Gasteiger partial charge in [-0.2, -0.15) is 0 Å². The van der Waals surface area contributed by atoms with Crippen LogP contribution in [0.5, 0.6) is 0 Å². The first-order valence-electron chi connectivity index (χ1n) is 6.02. The van der Waals surface area contributed by atoms with E-state index in [1.54, 1.807) is 11.3 Å². The van der Waals surface area contributed by atoms with Crippen molar-refractivity contribution in [3.8, 4) is 0 Å². The van der Waals surface area contributed by atoms with Crippen molar-refractivity contribution in [1.29, 1.82) is 0 Å². The maximum absolute atomic E-state index is 4.53. The number of guanidine groups is 1. The summed E-state index contributed by atoms with van der Waals surface area (Å²) in [5.41, 5.74) is 0.